The molecule has 6 nitrogen and oxygen atoms in total. The molecule has 0 aliphatic heterocycles. The van der Waals surface area contributed by atoms with Crippen LogP contribution in [0.15, 0.2) is 36.4 Å². The first-order valence-corrected chi connectivity index (χ1v) is 7.75. The van der Waals surface area contributed by atoms with Crippen LogP contribution < -0.4 is 10.1 Å². The van der Waals surface area contributed by atoms with Gasteiger partial charge in [-0.1, -0.05) is 29.3 Å². The smallest absolute Gasteiger partial charge is 0.270 e. The van der Waals surface area contributed by atoms with Crippen LogP contribution in [0.25, 0.3) is 0 Å². The van der Waals surface area contributed by atoms with Gasteiger partial charge in [-0.3, -0.25) is 14.9 Å². The zero-order valence-electron chi connectivity index (χ0n) is 12.7. The van der Waals surface area contributed by atoms with Crippen LogP contribution in [0.2, 0.25) is 10.0 Å². The molecule has 2 rings (SSSR count). The van der Waals surface area contributed by atoms with E-state index in [1.807, 2.05) is 13.0 Å². The number of amides is 1. The summed E-state index contributed by atoms with van der Waals surface area (Å²) >= 11 is 11.9. The van der Waals surface area contributed by atoms with Crippen molar-refractivity contribution in [1.82, 2.24) is 5.32 Å². The molecule has 0 radical (unpaired) electrons. The molecule has 0 unspecified atom stereocenters. The molecule has 8 heteroatoms. The first-order valence-electron chi connectivity index (χ1n) is 6.99. The highest BCUT2D eigenvalue weighted by atomic mass is 35.5. The molecule has 0 spiro atoms. The SMILES string of the molecule is Cc1ccc(OCCNC(=O)c2ccc([N+](=O)[O-])cc2Cl)cc1Cl. The van der Waals surface area contributed by atoms with Gasteiger partial charge in [0.15, 0.2) is 0 Å². The Bertz CT molecular complexity index is 781. The van der Waals surface area contributed by atoms with E-state index in [9.17, 15) is 14.9 Å². The second-order valence-corrected chi connectivity index (χ2v) is 5.75. The van der Waals surface area contributed by atoms with Crippen LogP contribution in [0.4, 0.5) is 5.69 Å². The van der Waals surface area contributed by atoms with Gasteiger partial charge in [0.2, 0.25) is 0 Å². The summed E-state index contributed by atoms with van der Waals surface area (Å²) in [5.41, 5.74) is 0.946. The van der Waals surface area contributed by atoms with Gasteiger partial charge in [0, 0.05) is 17.2 Å². The van der Waals surface area contributed by atoms with Gasteiger partial charge in [0.05, 0.1) is 22.1 Å². The van der Waals surface area contributed by atoms with Gasteiger partial charge in [-0.05, 0) is 30.7 Å². The summed E-state index contributed by atoms with van der Waals surface area (Å²) in [6.07, 6.45) is 0. The number of benzene rings is 2. The molecule has 0 aliphatic carbocycles. The van der Waals surface area contributed by atoms with Crippen molar-refractivity contribution >= 4 is 34.8 Å². The summed E-state index contributed by atoms with van der Waals surface area (Å²) in [6, 6.07) is 9.01. The molecular formula is C16H14Cl2N2O4. The van der Waals surface area contributed by atoms with Crippen molar-refractivity contribution in [3.63, 3.8) is 0 Å². The lowest BCUT2D eigenvalue weighted by Crippen LogP contribution is -2.28. The van der Waals surface area contributed by atoms with Crippen LogP contribution in [0, 0.1) is 17.0 Å². The number of halogens is 2. The second-order valence-electron chi connectivity index (χ2n) is 4.94. The van der Waals surface area contributed by atoms with E-state index in [0.717, 1.165) is 11.6 Å². The third kappa shape index (κ3) is 4.59. The minimum absolute atomic E-state index is 0.0212. The quantitative estimate of drug-likeness (QED) is 0.474. The Morgan fingerprint density at radius 2 is 1.96 bits per heavy atom. The minimum atomic E-state index is -0.575. The topological polar surface area (TPSA) is 81.5 Å². The molecule has 0 atom stereocenters. The van der Waals surface area contributed by atoms with E-state index < -0.39 is 10.8 Å². The molecule has 0 aliphatic rings. The zero-order chi connectivity index (χ0) is 17.7. The fourth-order valence-corrected chi connectivity index (χ4v) is 2.32. The summed E-state index contributed by atoms with van der Waals surface area (Å²) in [5, 5.41) is 13.9. The number of nitro benzene ring substituents is 1. The molecule has 0 fully saturated rings. The zero-order valence-corrected chi connectivity index (χ0v) is 14.2. The number of ether oxygens (including phenoxy) is 1. The van der Waals surface area contributed by atoms with E-state index in [2.05, 4.69) is 5.32 Å². The Balaban J connectivity index is 1.87. The number of aryl methyl sites for hydroxylation is 1. The Labute approximate surface area is 148 Å². The third-order valence-corrected chi connectivity index (χ3v) is 3.93. The van der Waals surface area contributed by atoms with Crippen molar-refractivity contribution in [3.05, 3.63) is 67.7 Å². The highest BCUT2D eigenvalue weighted by molar-refractivity contribution is 6.34. The number of nitro groups is 1. The van der Waals surface area contributed by atoms with Crippen LogP contribution in [0.3, 0.4) is 0 Å². The molecule has 0 aromatic heterocycles. The Morgan fingerprint density at radius 3 is 2.58 bits per heavy atom. The van der Waals surface area contributed by atoms with E-state index in [1.165, 1.54) is 12.1 Å². The Morgan fingerprint density at radius 1 is 1.21 bits per heavy atom. The number of hydrogen-bond donors (Lipinski definition) is 1. The average molecular weight is 369 g/mol. The van der Waals surface area contributed by atoms with Crippen molar-refractivity contribution in [3.8, 4) is 5.75 Å². The van der Waals surface area contributed by atoms with Gasteiger partial charge in [-0.2, -0.15) is 0 Å². The van der Waals surface area contributed by atoms with E-state index in [0.29, 0.717) is 10.8 Å². The largest absolute Gasteiger partial charge is 0.492 e. The predicted octanol–water partition coefficient (Wildman–Crippen LogP) is 4.02. The van der Waals surface area contributed by atoms with Crippen molar-refractivity contribution in [1.29, 1.82) is 0 Å². The van der Waals surface area contributed by atoms with Gasteiger partial charge in [-0.15, -0.1) is 0 Å². The molecule has 0 saturated heterocycles. The maximum absolute atomic E-state index is 12.0. The molecule has 0 saturated carbocycles. The number of rotatable bonds is 6. The molecule has 24 heavy (non-hydrogen) atoms. The molecule has 1 N–H and O–H groups in total. The van der Waals surface area contributed by atoms with Crippen LogP contribution in [0.5, 0.6) is 5.75 Å². The van der Waals surface area contributed by atoms with E-state index in [4.69, 9.17) is 27.9 Å². The number of carbonyl (C=O) groups excluding carboxylic acids is 1. The molecular weight excluding hydrogens is 355 g/mol. The molecule has 2 aromatic rings. The van der Waals surface area contributed by atoms with Crippen molar-refractivity contribution in [2.24, 2.45) is 0 Å². The first-order chi connectivity index (χ1) is 11.4. The van der Waals surface area contributed by atoms with E-state index in [-0.39, 0.29) is 29.4 Å². The van der Waals surface area contributed by atoms with Crippen molar-refractivity contribution in [2.75, 3.05) is 13.2 Å². The molecule has 1 amide bonds. The normalized spacial score (nSPS) is 10.3. The maximum atomic E-state index is 12.0. The van der Waals surface area contributed by atoms with Gasteiger partial charge in [-0.25, -0.2) is 0 Å². The lowest BCUT2D eigenvalue weighted by Gasteiger charge is -2.09. The van der Waals surface area contributed by atoms with Gasteiger partial charge < -0.3 is 10.1 Å². The fourth-order valence-electron chi connectivity index (χ4n) is 1.89. The number of carbonyl (C=O) groups is 1. The number of hydrogen-bond acceptors (Lipinski definition) is 4. The third-order valence-electron chi connectivity index (χ3n) is 3.21. The summed E-state index contributed by atoms with van der Waals surface area (Å²) in [5.74, 6) is 0.175. The number of nitrogens with one attached hydrogen (secondary N) is 1. The van der Waals surface area contributed by atoms with Gasteiger partial charge >= 0.3 is 0 Å². The standard InChI is InChI=1S/C16H14Cl2N2O4/c1-10-2-4-12(9-14(10)17)24-7-6-19-16(21)13-5-3-11(20(22)23)8-15(13)18/h2-5,8-9H,6-7H2,1H3,(H,19,21). The monoisotopic (exact) mass is 368 g/mol. The van der Waals surface area contributed by atoms with Crippen LogP contribution in [0.1, 0.15) is 15.9 Å². The summed E-state index contributed by atoms with van der Waals surface area (Å²) in [7, 11) is 0. The molecule has 0 heterocycles. The van der Waals surface area contributed by atoms with Crippen LogP contribution in [-0.2, 0) is 0 Å². The second kappa shape index (κ2) is 7.99. The Kier molecular flexibility index (Phi) is 6.00. The summed E-state index contributed by atoms with van der Waals surface area (Å²) in [6.45, 7) is 2.38. The molecule has 2 aromatic carbocycles. The van der Waals surface area contributed by atoms with Crippen LogP contribution in [-0.4, -0.2) is 24.0 Å². The first kappa shape index (κ1) is 18.0. The summed E-state index contributed by atoms with van der Waals surface area (Å²) in [4.78, 5) is 22.1. The van der Waals surface area contributed by atoms with Gasteiger partial charge in [0.1, 0.15) is 12.4 Å². The number of non-ortho nitro benzene ring substituents is 1. The minimum Gasteiger partial charge on any atom is -0.492 e. The van der Waals surface area contributed by atoms with E-state index in [1.54, 1.807) is 12.1 Å². The van der Waals surface area contributed by atoms with Crippen LogP contribution >= 0.6 is 23.2 Å². The van der Waals surface area contributed by atoms with Gasteiger partial charge in [0.25, 0.3) is 11.6 Å². The summed E-state index contributed by atoms with van der Waals surface area (Å²) < 4.78 is 5.49. The van der Waals surface area contributed by atoms with E-state index >= 15 is 0 Å². The molecule has 0 bridgehead atoms. The molecule has 126 valence electrons. The fraction of sp³-hybridized carbons (Fsp3) is 0.188. The lowest BCUT2D eigenvalue weighted by atomic mass is 10.2. The highest BCUT2D eigenvalue weighted by Crippen LogP contribution is 2.23. The van der Waals surface area contributed by atoms with Crippen molar-refractivity contribution < 1.29 is 14.5 Å². The Hall–Kier alpha value is -2.31. The lowest BCUT2D eigenvalue weighted by molar-refractivity contribution is -0.384. The number of nitrogens with zero attached hydrogens (tertiary/aromatic N) is 1. The highest BCUT2D eigenvalue weighted by Gasteiger charge is 2.14. The van der Waals surface area contributed by atoms with Crippen molar-refractivity contribution in [2.45, 2.75) is 6.92 Å². The predicted molar refractivity (Wildman–Crippen MR) is 92.1 cm³/mol. The average Bonchev–Trinajstić information content (AvgIpc) is 2.54. The maximum Gasteiger partial charge on any atom is 0.270 e.